The normalized spacial score (nSPS) is 18.2. The van der Waals surface area contributed by atoms with Gasteiger partial charge in [-0.05, 0) is 55.0 Å². The van der Waals surface area contributed by atoms with Crippen molar-refractivity contribution in [1.82, 2.24) is 0 Å². The first-order valence-electron chi connectivity index (χ1n) is 9.40. The second-order valence-electron chi connectivity index (χ2n) is 6.91. The molecular weight excluding hydrogens is 384 g/mol. The van der Waals surface area contributed by atoms with Crippen LogP contribution in [0.1, 0.15) is 33.4 Å². The van der Waals surface area contributed by atoms with Crippen molar-refractivity contribution in [3.63, 3.8) is 0 Å². The van der Waals surface area contributed by atoms with Gasteiger partial charge < -0.3 is 18.6 Å². The quantitative estimate of drug-likeness (QED) is 0.356. The molecule has 1 atom stereocenters. The van der Waals surface area contributed by atoms with Gasteiger partial charge in [-0.3, -0.25) is 4.79 Å². The van der Waals surface area contributed by atoms with Crippen molar-refractivity contribution in [3.8, 4) is 17.2 Å². The van der Waals surface area contributed by atoms with Gasteiger partial charge in [0.15, 0.2) is 5.76 Å². The van der Waals surface area contributed by atoms with Gasteiger partial charge in [0.25, 0.3) is 0 Å². The first-order valence-corrected chi connectivity index (χ1v) is 9.40. The van der Waals surface area contributed by atoms with Gasteiger partial charge in [0.2, 0.25) is 11.5 Å². The second kappa shape index (κ2) is 7.08. The van der Waals surface area contributed by atoms with Crippen molar-refractivity contribution in [1.29, 1.82) is 0 Å². The minimum atomic E-state index is -0.628. The molecule has 0 saturated carbocycles. The number of ketones is 1. The zero-order valence-electron chi connectivity index (χ0n) is 16.0. The van der Waals surface area contributed by atoms with Crippen LogP contribution in [0.2, 0.25) is 0 Å². The van der Waals surface area contributed by atoms with E-state index in [-0.39, 0.29) is 29.2 Å². The fourth-order valence-corrected chi connectivity index (χ4v) is 3.36. The Labute approximate surface area is 172 Å². The minimum Gasteiger partial charge on any atom is -0.485 e. The average Bonchev–Trinajstić information content (AvgIpc) is 3.38. The molecule has 0 amide bonds. The number of Topliss-reactive ketones (excluding diaryl/α,β-unsaturated/α-hetero) is 1. The highest BCUT2D eigenvalue weighted by atomic mass is 16.5. The molecule has 0 spiro atoms. The third kappa shape index (κ3) is 3.18. The monoisotopic (exact) mass is 400 g/mol. The van der Waals surface area contributed by atoms with E-state index in [2.05, 4.69) is 0 Å². The standard InChI is InChI=1S/C24H16O6/c1-14-16(11-15-5-2-3-6-19(15)28-14)12-22-23(25)18-9-8-17(13-21(18)30-22)29-24(26)20-7-4-10-27-20/h2-14H,1H3/t14-/m1/s1. The first-order chi connectivity index (χ1) is 14.6. The van der Waals surface area contributed by atoms with E-state index in [1.54, 1.807) is 24.3 Å². The molecule has 1 aromatic heterocycles. The number of carbonyl (C=O) groups excluding carboxylic acids is 2. The Morgan fingerprint density at radius 1 is 1.07 bits per heavy atom. The number of benzene rings is 2. The lowest BCUT2D eigenvalue weighted by atomic mass is 10.0. The van der Waals surface area contributed by atoms with Crippen LogP contribution in [-0.4, -0.2) is 17.9 Å². The van der Waals surface area contributed by atoms with Crippen molar-refractivity contribution in [2.45, 2.75) is 13.0 Å². The number of ether oxygens (including phenoxy) is 3. The molecule has 2 aliphatic heterocycles. The molecule has 0 aliphatic carbocycles. The third-order valence-electron chi connectivity index (χ3n) is 4.89. The van der Waals surface area contributed by atoms with Gasteiger partial charge in [-0.15, -0.1) is 0 Å². The molecule has 6 heteroatoms. The summed E-state index contributed by atoms with van der Waals surface area (Å²) in [6.07, 6.45) is 4.84. The van der Waals surface area contributed by atoms with Crippen LogP contribution in [0.25, 0.3) is 6.08 Å². The highest BCUT2D eigenvalue weighted by Crippen LogP contribution is 2.36. The maximum atomic E-state index is 12.8. The van der Waals surface area contributed by atoms with Crippen LogP contribution in [0, 0.1) is 0 Å². The Morgan fingerprint density at radius 3 is 2.77 bits per heavy atom. The van der Waals surface area contributed by atoms with Gasteiger partial charge in [-0.2, -0.15) is 0 Å². The van der Waals surface area contributed by atoms with Gasteiger partial charge in [-0.25, -0.2) is 4.79 Å². The number of hydrogen-bond donors (Lipinski definition) is 0. The molecule has 3 heterocycles. The van der Waals surface area contributed by atoms with Gasteiger partial charge in [-0.1, -0.05) is 18.2 Å². The van der Waals surface area contributed by atoms with Crippen LogP contribution >= 0.6 is 0 Å². The fourth-order valence-electron chi connectivity index (χ4n) is 3.36. The summed E-state index contributed by atoms with van der Waals surface area (Å²) in [4.78, 5) is 24.8. The molecule has 0 fully saturated rings. The highest BCUT2D eigenvalue weighted by molar-refractivity contribution is 6.12. The lowest BCUT2D eigenvalue weighted by molar-refractivity contribution is 0.0701. The van der Waals surface area contributed by atoms with E-state index >= 15 is 0 Å². The summed E-state index contributed by atoms with van der Waals surface area (Å²) >= 11 is 0. The summed E-state index contributed by atoms with van der Waals surface area (Å²) in [5.41, 5.74) is 2.18. The molecule has 0 bridgehead atoms. The number of rotatable bonds is 3. The Bertz CT molecular complexity index is 1220. The zero-order valence-corrected chi connectivity index (χ0v) is 16.0. The summed E-state index contributed by atoms with van der Waals surface area (Å²) in [7, 11) is 0. The van der Waals surface area contributed by atoms with E-state index < -0.39 is 5.97 Å². The predicted molar refractivity (Wildman–Crippen MR) is 108 cm³/mol. The Kier molecular flexibility index (Phi) is 4.25. The van der Waals surface area contributed by atoms with Crippen molar-refractivity contribution in [3.05, 3.63) is 95.2 Å². The highest BCUT2D eigenvalue weighted by Gasteiger charge is 2.29. The maximum Gasteiger partial charge on any atom is 0.379 e. The van der Waals surface area contributed by atoms with E-state index in [0.29, 0.717) is 11.3 Å². The second-order valence-corrected chi connectivity index (χ2v) is 6.91. The fraction of sp³-hybridized carbons (Fsp3) is 0.0833. The Hall–Kier alpha value is -4.06. The number of carbonyl (C=O) groups is 2. The predicted octanol–water partition coefficient (Wildman–Crippen LogP) is 4.82. The number of esters is 1. The van der Waals surface area contributed by atoms with E-state index in [4.69, 9.17) is 18.6 Å². The smallest absolute Gasteiger partial charge is 0.379 e. The molecule has 30 heavy (non-hydrogen) atoms. The molecule has 0 saturated heterocycles. The van der Waals surface area contributed by atoms with Crippen LogP contribution in [0.5, 0.6) is 17.2 Å². The number of para-hydroxylation sites is 1. The molecule has 2 aromatic carbocycles. The van der Waals surface area contributed by atoms with E-state index in [1.807, 2.05) is 37.3 Å². The van der Waals surface area contributed by atoms with Crippen molar-refractivity contribution in [2.24, 2.45) is 0 Å². The lowest BCUT2D eigenvalue weighted by Gasteiger charge is -2.22. The summed E-state index contributed by atoms with van der Waals surface area (Å²) in [5.74, 6) is 0.815. The largest absolute Gasteiger partial charge is 0.485 e. The molecule has 0 unspecified atom stereocenters. The van der Waals surface area contributed by atoms with E-state index in [0.717, 1.165) is 16.9 Å². The number of furan rings is 1. The molecule has 0 radical (unpaired) electrons. The van der Waals surface area contributed by atoms with Gasteiger partial charge >= 0.3 is 5.97 Å². The van der Waals surface area contributed by atoms with Crippen molar-refractivity contribution in [2.75, 3.05) is 0 Å². The summed E-state index contributed by atoms with van der Waals surface area (Å²) < 4.78 is 22.0. The summed E-state index contributed by atoms with van der Waals surface area (Å²) in [5, 5.41) is 0. The van der Waals surface area contributed by atoms with Crippen LogP contribution in [0.15, 0.2) is 82.7 Å². The van der Waals surface area contributed by atoms with Crippen molar-refractivity contribution < 1.29 is 28.2 Å². The average molecular weight is 400 g/mol. The molecule has 2 aliphatic rings. The number of hydrogen-bond acceptors (Lipinski definition) is 6. The molecular formula is C24H16O6. The minimum absolute atomic E-state index is 0.0894. The van der Waals surface area contributed by atoms with Crippen LogP contribution in [-0.2, 0) is 0 Å². The molecule has 5 rings (SSSR count). The van der Waals surface area contributed by atoms with Crippen LogP contribution < -0.4 is 14.2 Å². The van der Waals surface area contributed by atoms with Gasteiger partial charge in [0.1, 0.15) is 23.4 Å². The lowest BCUT2D eigenvalue weighted by Crippen LogP contribution is -2.18. The Balaban J connectivity index is 1.40. The third-order valence-corrected chi connectivity index (χ3v) is 4.89. The van der Waals surface area contributed by atoms with E-state index in [9.17, 15) is 9.59 Å². The molecule has 148 valence electrons. The first kappa shape index (κ1) is 18.0. The summed E-state index contributed by atoms with van der Waals surface area (Å²) in [6, 6.07) is 15.4. The molecule has 3 aromatic rings. The van der Waals surface area contributed by atoms with Crippen molar-refractivity contribution >= 4 is 17.8 Å². The van der Waals surface area contributed by atoms with Gasteiger partial charge in [0.05, 0.1) is 11.8 Å². The molecule has 6 nitrogen and oxygen atoms in total. The summed E-state index contributed by atoms with van der Waals surface area (Å²) in [6.45, 7) is 1.91. The SMILES string of the molecule is C[C@H]1Oc2ccccc2C=C1C=C1Oc2cc(OC(=O)c3ccco3)ccc2C1=O. The van der Waals surface area contributed by atoms with E-state index in [1.165, 1.54) is 18.4 Å². The molecule has 0 N–H and O–H groups in total. The maximum absolute atomic E-state index is 12.8. The zero-order chi connectivity index (χ0) is 20.7. The topological polar surface area (TPSA) is 75.0 Å². The number of fused-ring (bicyclic) bond motifs is 2. The van der Waals surface area contributed by atoms with Gasteiger partial charge in [0, 0.05) is 11.6 Å². The Morgan fingerprint density at radius 2 is 1.93 bits per heavy atom. The van der Waals surface area contributed by atoms with Crippen LogP contribution in [0.3, 0.4) is 0 Å². The van der Waals surface area contributed by atoms with Crippen LogP contribution in [0.4, 0.5) is 0 Å². The number of allylic oxidation sites excluding steroid dienone is 1.